The molecule has 2 aromatic heterocycles. The summed E-state index contributed by atoms with van der Waals surface area (Å²) in [6, 6.07) is 0. The van der Waals surface area contributed by atoms with Crippen molar-refractivity contribution in [2.45, 2.75) is 47.0 Å². The molecule has 0 bridgehead atoms. The van der Waals surface area contributed by atoms with E-state index in [1.54, 1.807) is 43.7 Å². The minimum atomic E-state index is -0.639. The van der Waals surface area contributed by atoms with Gasteiger partial charge < -0.3 is 63.1 Å². The first-order valence-corrected chi connectivity index (χ1v) is 16.6. The smallest absolute Gasteiger partial charge is 0.242 e. The molecule has 288 valence electrons. The third-order valence-corrected chi connectivity index (χ3v) is 7.64. The number of nitrogens with one attached hydrogen (secondary N) is 8. The molecule has 0 atom stereocenters. The molecule has 0 aliphatic carbocycles. The van der Waals surface area contributed by atoms with Crippen LogP contribution in [-0.2, 0) is 40.6 Å². The summed E-state index contributed by atoms with van der Waals surface area (Å²) in [5.41, 5.74) is 21.0. The highest BCUT2D eigenvalue weighted by Gasteiger charge is 2.26. The number of amides is 2. The van der Waals surface area contributed by atoms with E-state index in [2.05, 4.69) is 31.2 Å². The third kappa shape index (κ3) is 15.7. The maximum absolute atomic E-state index is 13.5. The molecule has 22 nitrogen and oxygen atoms in total. The number of imidazole rings is 2. The molecule has 2 amide bonds. The largest absolute Gasteiger partial charge is 0.370 e. The molecular formula is C30H55N19O3. The van der Waals surface area contributed by atoms with Crippen molar-refractivity contribution in [3.05, 3.63) is 36.4 Å². The minimum absolute atomic E-state index is 0.0277. The van der Waals surface area contributed by atoms with E-state index in [0.29, 0.717) is 11.6 Å². The Balaban J connectivity index is 2.26. The number of guanidine groups is 4. The van der Waals surface area contributed by atoms with Gasteiger partial charge in [0.2, 0.25) is 11.8 Å². The Morgan fingerprint density at radius 3 is 1.27 bits per heavy atom. The van der Waals surface area contributed by atoms with Crippen LogP contribution in [0.1, 0.15) is 32.4 Å². The van der Waals surface area contributed by atoms with E-state index < -0.39 is 5.41 Å². The number of Topliss-reactive ketones (excluding diaryl/α,β-unsaturated/α-hetero) is 1. The van der Waals surface area contributed by atoms with Crippen LogP contribution in [0.15, 0.2) is 24.8 Å². The lowest BCUT2D eigenvalue weighted by Crippen LogP contribution is -2.45. The summed E-state index contributed by atoms with van der Waals surface area (Å²) in [6.45, 7) is 7.75. The van der Waals surface area contributed by atoms with Gasteiger partial charge in [-0.05, 0) is 0 Å². The number of ketones is 1. The summed E-state index contributed by atoms with van der Waals surface area (Å²) in [7, 11) is 0. The van der Waals surface area contributed by atoms with E-state index >= 15 is 0 Å². The maximum Gasteiger partial charge on any atom is 0.242 e. The minimum Gasteiger partial charge on any atom is -0.370 e. The lowest BCUT2D eigenvalue weighted by molar-refractivity contribution is -0.132. The van der Waals surface area contributed by atoms with Crippen molar-refractivity contribution in [3.63, 3.8) is 0 Å². The van der Waals surface area contributed by atoms with Gasteiger partial charge in [0.25, 0.3) is 0 Å². The van der Waals surface area contributed by atoms with Gasteiger partial charge in [-0.25, -0.2) is 9.97 Å². The summed E-state index contributed by atoms with van der Waals surface area (Å²) >= 11 is 0. The van der Waals surface area contributed by atoms with Crippen LogP contribution < -0.4 is 44.2 Å². The summed E-state index contributed by atoms with van der Waals surface area (Å²) in [6.07, 6.45) is 6.49. The highest BCUT2D eigenvalue weighted by atomic mass is 16.2. The Morgan fingerprint density at radius 1 is 0.654 bits per heavy atom. The number of rotatable bonds is 22. The van der Waals surface area contributed by atoms with Crippen molar-refractivity contribution in [1.82, 2.24) is 55.1 Å². The quantitative estimate of drug-likeness (QED) is 0.0410. The van der Waals surface area contributed by atoms with E-state index in [0.717, 1.165) is 0 Å². The zero-order valence-electron chi connectivity index (χ0n) is 30.2. The molecule has 22 heteroatoms. The van der Waals surface area contributed by atoms with Gasteiger partial charge in [0, 0.05) is 82.6 Å². The van der Waals surface area contributed by atoms with Crippen LogP contribution >= 0.6 is 0 Å². The number of nitrogens with zero attached hydrogens (tertiary/aromatic N) is 7. The Bertz CT molecular complexity index is 1390. The number of hydrogen-bond acceptors (Lipinski definition) is 10. The van der Waals surface area contributed by atoms with Crippen molar-refractivity contribution < 1.29 is 14.4 Å². The molecule has 2 aromatic rings. The summed E-state index contributed by atoms with van der Waals surface area (Å²) in [5, 5.41) is 40.4. The maximum atomic E-state index is 13.5. The van der Waals surface area contributed by atoms with E-state index in [-0.39, 0.29) is 127 Å². The standard InChI is InChI=1S/C30H55N19O3/c1-30(2,3)21(50)16-45(17-22-39-4-14-48(22)19-24(51)46(10-6-41-26(31)32)11-7-42-27(33)34)18-23-40-5-15-49(23)20-25(52)47(12-8-43-28(35)36)13-9-44-29(37)38/h4-5,14-15H,6-13,16-20H2,1-3H3,(H4,31,32,41)(H4,33,34,42)(H4,35,36,43)(H4,37,38,44). The Morgan fingerprint density at radius 2 is 0.981 bits per heavy atom. The number of hydrogen-bond donors (Lipinski definition) is 12. The van der Waals surface area contributed by atoms with Crippen molar-refractivity contribution in [2.24, 2.45) is 28.3 Å². The van der Waals surface area contributed by atoms with Gasteiger partial charge in [-0.15, -0.1) is 0 Å². The predicted molar refractivity (Wildman–Crippen MR) is 196 cm³/mol. The Kier molecular flexibility index (Phi) is 16.8. The zero-order chi connectivity index (χ0) is 38.8. The number of carbonyl (C=O) groups is 3. The van der Waals surface area contributed by atoms with Gasteiger partial charge in [-0.1, -0.05) is 20.8 Å². The molecule has 0 fully saturated rings. The average molecular weight is 730 g/mol. The summed E-state index contributed by atoms with van der Waals surface area (Å²) in [4.78, 5) is 54.2. The van der Waals surface area contributed by atoms with Crippen LogP contribution in [0.2, 0.25) is 0 Å². The molecule has 0 spiro atoms. The van der Waals surface area contributed by atoms with E-state index in [4.69, 9.17) is 44.6 Å². The zero-order valence-corrected chi connectivity index (χ0v) is 30.2. The third-order valence-electron chi connectivity index (χ3n) is 7.64. The van der Waals surface area contributed by atoms with Crippen LogP contribution in [-0.4, -0.2) is 134 Å². The van der Waals surface area contributed by atoms with Gasteiger partial charge in [0.1, 0.15) is 24.7 Å². The second-order valence-corrected chi connectivity index (χ2v) is 12.9. The normalized spacial score (nSPS) is 11.1. The molecule has 2 rings (SSSR count). The SMILES string of the molecule is CC(C)(C)C(=O)CN(Cc1nccn1CC(=O)N(CCNC(=N)N)CCNC(=N)N)Cc1nccn1CC(=O)N(CCNC(=N)N)CCNC(=N)N. The lowest BCUT2D eigenvalue weighted by Gasteiger charge is -2.27. The fraction of sp³-hybridized carbons (Fsp3) is 0.567. The van der Waals surface area contributed by atoms with Gasteiger partial charge in [-0.2, -0.15) is 0 Å². The van der Waals surface area contributed by atoms with Crippen molar-refractivity contribution >= 4 is 41.4 Å². The molecule has 0 unspecified atom stereocenters. The molecule has 0 saturated heterocycles. The first-order chi connectivity index (χ1) is 24.5. The molecule has 0 aromatic carbocycles. The van der Waals surface area contributed by atoms with Crippen molar-refractivity contribution in [1.29, 1.82) is 21.6 Å². The van der Waals surface area contributed by atoms with Crippen LogP contribution in [0.3, 0.4) is 0 Å². The van der Waals surface area contributed by atoms with Gasteiger partial charge in [0.05, 0.1) is 19.6 Å². The molecule has 16 N–H and O–H groups in total. The average Bonchev–Trinajstić information content (AvgIpc) is 3.66. The van der Waals surface area contributed by atoms with Crippen LogP contribution in [0.5, 0.6) is 0 Å². The molecule has 0 aliphatic heterocycles. The highest BCUT2D eigenvalue weighted by molar-refractivity contribution is 5.85. The topological polar surface area (TPSA) is 344 Å². The summed E-state index contributed by atoms with van der Waals surface area (Å²) < 4.78 is 3.39. The first-order valence-electron chi connectivity index (χ1n) is 16.6. The number of carbonyl (C=O) groups excluding carboxylic acids is 3. The van der Waals surface area contributed by atoms with Crippen molar-refractivity contribution in [2.75, 3.05) is 58.9 Å². The number of aromatic nitrogens is 4. The fourth-order valence-electron chi connectivity index (χ4n) is 4.80. The Hall–Kier alpha value is -5.93. The van der Waals surface area contributed by atoms with Gasteiger partial charge in [-0.3, -0.25) is 40.9 Å². The van der Waals surface area contributed by atoms with E-state index in [9.17, 15) is 14.4 Å². The van der Waals surface area contributed by atoms with Crippen LogP contribution in [0, 0.1) is 27.1 Å². The lowest BCUT2D eigenvalue weighted by atomic mass is 9.90. The fourth-order valence-corrected chi connectivity index (χ4v) is 4.80. The van der Waals surface area contributed by atoms with Gasteiger partial charge in [0.15, 0.2) is 29.6 Å². The van der Waals surface area contributed by atoms with E-state index in [1.165, 1.54) is 0 Å². The van der Waals surface area contributed by atoms with E-state index in [1.807, 2.05) is 25.7 Å². The monoisotopic (exact) mass is 729 g/mol. The van der Waals surface area contributed by atoms with Crippen molar-refractivity contribution in [3.8, 4) is 0 Å². The second kappa shape index (κ2) is 20.7. The van der Waals surface area contributed by atoms with Crippen LogP contribution in [0.25, 0.3) is 0 Å². The van der Waals surface area contributed by atoms with Crippen LogP contribution in [0.4, 0.5) is 0 Å². The first kappa shape index (κ1) is 42.2. The molecule has 0 aliphatic rings. The van der Waals surface area contributed by atoms with Gasteiger partial charge >= 0.3 is 0 Å². The summed E-state index contributed by atoms with van der Waals surface area (Å²) in [5.74, 6) is -0.356. The highest BCUT2D eigenvalue weighted by Crippen LogP contribution is 2.18. The molecule has 0 radical (unpaired) electrons. The predicted octanol–water partition coefficient (Wildman–Crippen LogP) is -3.71. The number of nitrogens with two attached hydrogens (primary N) is 4. The molecule has 52 heavy (non-hydrogen) atoms. The molecular weight excluding hydrogens is 674 g/mol. The second-order valence-electron chi connectivity index (χ2n) is 12.9. The molecule has 2 heterocycles. The Labute approximate surface area is 303 Å². The molecule has 0 saturated carbocycles.